The summed E-state index contributed by atoms with van der Waals surface area (Å²) in [6.07, 6.45) is 1.53. The fourth-order valence-electron chi connectivity index (χ4n) is 2.61. The van der Waals surface area contributed by atoms with Crippen LogP contribution in [0, 0.1) is 14.9 Å². The molecule has 0 spiro atoms. The molecule has 0 atom stereocenters. The molecule has 9 heteroatoms. The van der Waals surface area contributed by atoms with Crippen LogP contribution in [-0.2, 0) is 0 Å². The summed E-state index contributed by atoms with van der Waals surface area (Å²) >= 11 is 5.25. The molecule has 2 aromatic carbocycles. The van der Waals surface area contributed by atoms with Gasteiger partial charge in [-0.3, -0.25) is 10.1 Å². The van der Waals surface area contributed by atoms with Crippen molar-refractivity contribution in [3.8, 4) is 22.7 Å². The first-order valence-corrected chi connectivity index (χ1v) is 8.64. The van der Waals surface area contributed by atoms with Crippen molar-refractivity contribution in [2.75, 3.05) is 0 Å². The zero-order chi connectivity index (χ0) is 19.5. The second kappa shape index (κ2) is 7.41. The van der Waals surface area contributed by atoms with Gasteiger partial charge in [-0.05, 0) is 36.5 Å². The zero-order valence-electron chi connectivity index (χ0n) is 14.4. The molecule has 0 radical (unpaired) electrons. The summed E-state index contributed by atoms with van der Waals surface area (Å²) in [4.78, 5) is 10.3. The van der Waals surface area contributed by atoms with Gasteiger partial charge in [0.2, 0.25) is 4.77 Å². The summed E-state index contributed by atoms with van der Waals surface area (Å²) in [5.41, 5.74) is 1.63. The van der Waals surface area contributed by atoms with Crippen molar-refractivity contribution >= 4 is 24.1 Å². The fourth-order valence-corrected chi connectivity index (χ4v) is 2.79. The van der Waals surface area contributed by atoms with Crippen molar-refractivity contribution in [1.29, 1.82) is 0 Å². The maximum atomic E-state index is 10.8. The average molecular weight is 391 g/mol. The van der Waals surface area contributed by atoms with Crippen LogP contribution >= 0.6 is 12.2 Å². The number of aromatic amines is 1. The Morgan fingerprint density at radius 2 is 1.82 bits per heavy atom. The van der Waals surface area contributed by atoms with Crippen molar-refractivity contribution in [3.05, 3.63) is 87.4 Å². The maximum absolute atomic E-state index is 10.8. The van der Waals surface area contributed by atoms with Gasteiger partial charge in [0.1, 0.15) is 11.5 Å². The smallest absolute Gasteiger partial charge is 0.269 e. The first kappa shape index (κ1) is 17.6. The summed E-state index contributed by atoms with van der Waals surface area (Å²) in [5.74, 6) is 1.68. The normalized spacial score (nSPS) is 11.1. The average Bonchev–Trinajstić information content (AvgIpc) is 3.34. The number of aromatic nitrogens is 3. The van der Waals surface area contributed by atoms with Crippen LogP contribution in [0.2, 0.25) is 0 Å². The highest BCUT2D eigenvalue weighted by Gasteiger charge is 2.09. The van der Waals surface area contributed by atoms with Crippen LogP contribution in [0.1, 0.15) is 5.76 Å². The summed E-state index contributed by atoms with van der Waals surface area (Å²) < 4.78 is 7.63. The number of nitrogens with zero attached hydrogens (tertiary/aromatic N) is 4. The van der Waals surface area contributed by atoms with Crippen LogP contribution in [0.5, 0.6) is 0 Å². The lowest BCUT2D eigenvalue weighted by atomic mass is 10.1. The van der Waals surface area contributed by atoms with Crippen molar-refractivity contribution in [1.82, 2.24) is 14.9 Å². The van der Waals surface area contributed by atoms with Gasteiger partial charge in [0.25, 0.3) is 5.69 Å². The van der Waals surface area contributed by atoms with E-state index in [1.807, 2.05) is 30.3 Å². The van der Waals surface area contributed by atoms with Gasteiger partial charge in [0.15, 0.2) is 5.82 Å². The van der Waals surface area contributed by atoms with Crippen LogP contribution in [-0.4, -0.2) is 26.0 Å². The molecule has 8 nitrogen and oxygen atoms in total. The van der Waals surface area contributed by atoms with Gasteiger partial charge in [-0.1, -0.05) is 30.3 Å². The molecular weight excluding hydrogens is 378 g/mol. The number of benzene rings is 2. The summed E-state index contributed by atoms with van der Waals surface area (Å²) in [6, 6.07) is 19.2. The molecule has 28 heavy (non-hydrogen) atoms. The van der Waals surface area contributed by atoms with Crippen LogP contribution in [0.4, 0.5) is 5.69 Å². The lowest BCUT2D eigenvalue weighted by molar-refractivity contribution is -0.384. The largest absolute Gasteiger partial charge is 0.455 e. The number of rotatable bonds is 5. The van der Waals surface area contributed by atoms with E-state index in [2.05, 4.69) is 15.3 Å². The highest BCUT2D eigenvalue weighted by molar-refractivity contribution is 7.71. The van der Waals surface area contributed by atoms with E-state index in [-0.39, 0.29) is 5.69 Å². The number of nitro groups is 1. The summed E-state index contributed by atoms with van der Waals surface area (Å²) in [6.45, 7) is 0. The molecule has 0 aliphatic rings. The molecule has 2 heterocycles. The molecule has 0 saturated heterocycles. The monoisotopic (exact) mass is 391 g/mol. The Hall–Kier alpha value is -3.85. The molecule has 4 rings (SSSR count). The van der Waals surface area contributed by atoms with E-state index in [1.165, 1.54) is 23.0 Å². The minimum atomic E-state index is -0.442. The van der Waals surface area contributed by atoms with E-state index in [0.717, 1.165) is 11.1 Å². The van der Waals surface area contributed by atoms with Gasteiger partial charge >= 0.3 is 0 Å². The molecule has 0 unspecified atom stereocenters. The lowest BCUT2D eigenvalue weighted by Crippen LogP contribution is -1.94. The molecule has 4 aromatic rings. The molecule has 0 aliphatic heterocycles. The number of nitro benzene ring substituents is 1. The number of hydrogen-bond donors (Lipinski definition) is 1. The number of furan rings is 1. The molecular formula is C19H13N5O3S. The maximum Gasteiger partial charge on any atom is 0.269 e. The second-order valence-electron chi connectivity index (χ2n) is 5.78. The highest BCUT2D eigenvalue weighted by atomic mass is 32.1. The quantitative estimate of drug-likeness (QED) is 0.231. The van der Waals surface area contributed by atoms with Crippen LogP contribution in [0.15, 0.2) is 76.2 Å². The predicted octanol–water partition coefficient (Wildman–Crippen LogP) is 4.66. The topological polar surface area (TPSA) is 102 Å². The Labute approximate surface area is 163 Å². The van der Waals surface area contributed by atoms with Crippen LogP contribution in [0.25, 0.3) is 22.7 Å². The van der Waals surface area contributed by atoms with Crippen molar-refractivity contribution in [3.63, 3.8) is 0 Å². The standard InChI is InChI=1S/C19H13N5O3S/c25-24(26)15-8-6-13(7-9-15)17-11-10-16(27-17)12-20-23-18(21-22-19(23)28)14-4-2-1-3-5-14/h1-12H,(H,22,28)/b20-12-. The Bertz CT molecular complexity index is 1210. The minimum absolute atomic E-state index is 0.0277. The number of hydrogen-bond acceptors (Lipinski definition) is 6. The summed E-state index contributed by atoms with van der Waals surface area (Å²) in [7, 11) is 0. The molecule has 2 aromatic heterocycles. The van der Waals surface area contributed by atoms with Gasteiger partial charge in [0.05, 0.1) is 11.1 Å². The van der Waals surface area contributed by atoms with Gasteiger partial charge in [0, 0.05) is 23.3 Å². The zero-order valence-corrected chi connectivity index (χ0v) is 15.2. The Kier molecular flexibility index (Phi) is 4.65. The SMILES string of the molecule is O=[N+]([O-])c1ccc(-c2ccc(/C=N\n3c(-c4ccccc4)n[nH]c3=S)o2)cc1. The van der Waals surface area contributed by atoms with E-state index >= 15 is 0 Å². The molecule has 0 fully saturated rings. The number of nitrogens with one attached hydrogen (secondary N) is 1. The van der Waals surface area contributed by atoms with Gasteiger partial charge in [-0.15, -0.1) is 0 Å². The van der Waals surface area contributed by atoms with E-state index < -0.39 is 4.92 Å². The predicted molar refractivity (Wildman–Crippen MR) is 107 cm³/mol. The lowest BCUT2D eigenvalue weighted by Gasteiger charge is -1.99. The minimum Gasteiger partial charge on any atom is -0.455 e. The molecule has 138 valence electrons. The highest BCUT2D eigenvalue weighted by Crippen LogP contribution is 2.24. The van der Waals surface area contributed by atoms with E-state index in [9.17, 15) is 10.1 Å². The Balaban J connectivity index is 1.60. The first-order valence-electron chi connectivity index (χ1n) is 8.24. The van der Waals surface area contributed by atoms with E-state index in [1.54, 1.807) is 24.3 Å². The van der Waals surface area contributed by atoms with Gasteiger partial charge in [-0.25, -0.2) is 5.10 Å². The fraction of sp³-hybridized carbons (Fsp3) is 0. The third kappa shape index (κ3) is 3.51. The van der Waals surface area contributed by atoms with E-state index in [0.29, 0.717) is 22.1 Å². The number of non-ortho nitro benzene ring substituents is 1. The second-order valence-corrected chi connectivity index (χ2v) is 6.17. The Morgan fingerprint density at radius 3 is 2.54 bits per heavy atom. The molecule has 0 bridgehead atoms. The molecule has 1 N–H and O–H groups in total. The van der Waals surface area contributed by atoms with E-state index in [4.69, 9.17) is 16.6 Å². The third-order valence-corrected chi connectivity index (χ3v) is 4.24. The summed E-state index contributed by atoms with van der Waals surface area (Å²) in [5, 5.41) is 22.1. The molecule has 0 amide bonds. The van der Waals surface area contributed by atoms with Crippen molar-refractivity contribution in [2.24, 2.45) is 5.10 Å². The van der Waals surface area contributed by atoms with Crippen LogP contribution in [0.3, 0.4) is 0 Å². The van der Waals surface area contributed by atoms with Gasteiger partial charge in [-0.2, -0.15) is 14.9 Å². The van der Waals surface area contributed by atoms with Crippen LogP contribution < -0.4 is 0 Å². The first-order chi connectivity index (χ1) is 13.6. The van der Waals surface area contributed by atoms with Gasteiger partial charge < -0.3 is 4.42 Å². The Morgan fingerprint density at radius 1 is 1.07 bits per heavy atom. The third-order valence-electron chi connectivity index (χ3n) is 3.97. The molecule has 0 saturated carbocycles. The molecule has 0 aliphatic carbocycles. The van der Waals surface area contributed by atoms with Crippen molar-refractivity contribution < 1.29 is 9.34 Å². The van der Waals surface area contributed by atoms with Crippen molar-refractivity contribution in [2.45, 2.75) is 0 Å². The number of H-pyrrole nitrogens is 1.